The predicted octanol–water partition coefficient (Wildman–Crippen LogP) is 1.90. The molecule has 1 fully saturated rings. The van der Waals surface area contributed by atoms with Gasteiger partial charge in [0.1, 0.15) is 0 Å². The van der Waals surface area contributed by atoms with Crippen LogP contribution in [-0.2, 0) is 9.53 Å². The van der Waals surface area contributed by atoms with Crippen LogP contribution in [0.15, 0.2) is 12.2 Å². The number of rotatable bonds is 3. The minimum atomic E-state index is -0.370. The molecule has 0 unspecified atom stereocenters. The fraction of sp³-hybridized carbons (Fsp3) is 0.750. The Balaban J connectivity index is 2.63. The summed E-state index contributed by atoms with van der Waals surface area (Å²) in [6, 6.07) is 0. The average molecular weight is 212 g/mol. The van der Waals surface area contributed by atoms with Gasteiger partial charge in [-0.15, -0.1) is 0 Å². The lowest BCUT2D eigenvalue weighted by molar-refractivity contribution is -0.147. The molecule has 86 valence electrons. The summed E-state index contributed by atoms with van der Waals surface area (Å²) in [5.41, 5.74) is 1.07. The molecule has 0 spiro atoms. The summed E-state index contributed by atoms with van der Waals surface area (Å²) in [6.45, 7) is 5.92. The van der Waals surface area contributed by atoms with Crippen molar-refractivity contribution in [2.75, 3.05) is 7.11 Å². The van der Waals surface area contributed by atoms with Crippen molar-refractivity contribution in [2.24, 2.45) is 11.8 Å². The first kappa shape index (κ1) is 12.2. The Morgan fingerprint density at radius 3 is 2.93 bits per heavy atom. The van der Waals surface area contributed by atoms with Crippen LogP contribution in [0.2, 0.25) is 0 Å². The van der Waals surface area contributed by atoms with Gasteiger partial charge in [0.05, 0.1) is 19.1 Å². The lowest BCUT2D eigenvalue weighted by Gasteiger charge is -2.32. The van der Waals surface area contributed by atoms with Gasteiger partial charge in [0.25, 0.3) is 0 Å². The first-order valence-electron chi connectivity index (χ1n) is 5.53. The lowest BCUT2D eigenvalue weighted by Crippen LogP contribution is -2.31. The molecule has 3 nitrogen and oxygen atoms in total. The van der Waals surface area contributed by atoms with Crippen molar-refractivity contribution in [1.29, 1.82) is 0 Å². The van der Waals surface area contributed by atoms with Crippen LogP contribution in [0.25, 0.3) is 0 Å². The summed E-state index contributed by atoms with van der Waals surface area (Å²) in [7, 11) is 1.41. The third-order valence-electron chi connectivity index (χ3n) is 3.29. The van der Waals surface area contributed by atoms with Crippen LogP contribution in [0.3, 0.4) is 0 Å². The molecule has 0 amide bonds. The van der Waals surface area contributed by atoms with Gasteiger partial charge in [-0.05, 0) is 25.7 Å². The number of hydrogen-bond acceptors (Lipinski definition) is 3. The van der Waals surface area contributed by atoms with E-state index in [0.29, 0.717) is 12.8 Å². The van der Waals surface area contributed by atoms with Gasteiger partial charge in [0.2, 0.25) is 0 Å². The van der Waals surface area contributed by atoms with Crippen molar-refractivity contribution in [3.63, 3.8) is 0 Å². The van der Waals surface area contributed by atoms with Crippen molar-refractivity contribution in [2.45, 2.75) is 38.7 Å². The lowest BCUT2D eigenvalue weighted by atomic mass is 9.75. The molecule has 0 aliphatic heterocycles. The zero-order chi connectivity index (χ0) is 11.4. The minimum Gasteiger partial charge on any atom is -0.469 e. The number of hydrogen-bond donors (Lipinski definition) is 1. The van der Waals surface area contributed by atoms with Crippen LogP contribution >= 0.6 is 0 Å². The first-order chi connectivity index (χ1) is 7.10. The van der Waals surface area contributed by atoms with Gasteiger partial charge in [-0.2, -0.15) is 0 Å². The van der Waals surface area contributed by atoms with Gasteiger partial charge in [0, 0.05) is 5.92 Å². The third kappa shape index (κ3) is 2.81. The highest BCUT2D eigenvalue weighted by Gasteiger charge is 2.33. The van der Waals surface area contributed by atoms with E-state index in [9.17, 15) is 9.90 Å². The van der Waals surface area contributed by atoms with Crippen molar-refractivity contribution in [3.05, 3.63) is 12.2 Å². The molecular formula is C12H20O3. The Morgan fingerprint density at radius 1 is 1.73 bits per heavy atom. The van der Waals surface area contributed by atoms with Gasteiger partial charge >= 0.3 is 5.97 Å². The van der Waals surface area contributed by atoms with Crippen LogP contribution < -0.4 is 0 Å². The van der Waals surface area contributed by atoms with Crippen LogP contribution in [0.1, 0.15) is 32.6 Å². The number of methoxy groups -OCH3 is 1. The molecule has 1 aliphatic carbocycles. The smallest absolute Gasteiger partial charge is 0.308 e. The summed E-state index contributed by atoms with van der Waals surface area (Å²) in [4.78, 5) is 11.4. The SMILES string of the molecule is C=C1CC[C@@H](C(=O)OC)C[C@H]1[C@H](O)CC. The first-order valence-corrected chi connectivity index (χ1v) is 5.53. The molecule has 3 atom stereocenters. The molecule has 3 heteroatoms. The third-order valence-corrected chi connectivity index (χ3v) is 3.29. The normalized spacial score (nSPS) is 28.6. The Hall–Kier alpha value is -0.830. The summed E-state index contributed by atoms with van der Waals surface area (Å²) < 4.78 is 4.74. The zero-order valence-electron chi connectivity index (χ0n) is 9.53. The van der Waals surface area contributed by atoms with Crippen LogP contribution in [-0.4, -0.2) is 24.3 Å². The van der Waals surface area contributed by atoms with E-state index in [0.717, 1.165) is 18.4 Å². The van der Waals surface area contributed by atoms with Crippen molar-refractivity contribution in [3.8, 4) is 0 Å². The van der Waals surface area contributed by atoms with Gasteiger partial charge in [0.15, 0.2) is 0 Å². The van der Waals surface area contributed by atoms with E-state index in [4.69, 9.17) is 4.74 Å². The van der Waals surface area contributed by atoms with Gasteiger partial charge < -0.3 is 9.84 Å². The molecular weight excluding hydrogens is 192 g/mol. The van der Waals surface area contributed by atoms with E-state index in [2.05, 4.69) is 6.58 Å². The van der Waals surface area contributed by atoms with E-state index in [1.807, 2.05) is 6.92 Å². The number of esters is 1. The van der Waals surface area contributed by atoms with Crippen molar-refractivity contribution in [1.82, 2.24) is 0 Å². The monoisotopic (exact) mass is 212 g/mol. The molecule has 0 heterocycles. The fourth-order valence-electron chi connectivity index (χ4n) is 2.23. The van der Waals surface area contributed by atoms with Crippen molar-refractivity contribution >= 4 is 5.97 Å². The second-order valence-electron chi connectivity index (χ2n) is 4.23. The molecule has 0 radical (unpaired) electrons. The highest BCUT2D eigenvalue weighted by Crippen LogP contribution is 2.35. The number of carbonyl (C=O) groups is 1. The topological polar surface area (TPSA) is 46.5 Å². The highest BCUT2D eigenvalue weighted by atomic mass is 16.5. The molecule has 0 aromatic rings. The fourth-order valence-corrected chi connectivity index (χ4v) is 2.23. The Morgan fingerprint density at radius 2 is 2.40 bits per heavy atom. The second-order valence-corrected chi connectivity index (χ2v) is 4.23. The minimum absolute atomic E-state index is 0.0628. The van der Waals surface area contributed by atoms with E-state index < -0.39 is 0 Å². The number of aliphatic hydroxyl groups is 1. The Bertz CT molecular complexity index is 247. The maximum Gasteiger partial charge on any atom is 0.308 e. The summed E-state index contributed by atoms with van der Waals surface area (Å²) >= 11 is 0. The maximum atomic E-state index is 11.4. The zero-order valence-corrected chi connectivity index (χ0v) is 9.53. The highest BCUT2D eigenvalue weighted by molar-refractivity contribution is 5.72. The molecule has 1 rings (SSSR count). The molecule has 0 bridgehead atoms. The second kappa shape index (κ2) is 5.31. The van der Waals surface area contributed by atoms with Gasteiger partial charge in [-0.25, -0.2) is 0 Å². The van der Waals surface area contributed by atoms with E-state index >= 15 is 0 Å². The molecule has 1 aliphatic rings. The predicted molar refractivity (Wildman–Crippen MR) is 58.3 cm³/mol. The quantitative estimate of drug-likeness (QED) is 0.574. The van der Waals surface area contributed by atoms with Crippen LogP contribution in [0.5, 0.6) is 0 Å². The molecule has 0 aromatic heterocycles. The molecule has 1 N–H and O–H groups in total. The Kier molecular flexibility index (Phi) is 4.33. The average Bonchev–Trinajstić information content (AvgIpc) is 2.27. The molecule has 0 aromatic carbocycles. The van der Waals surface area contributed by atoms with E-state index in [1.165, 1.54) is 7.11 Å². The van der Waals surface area contributed by atoms with Gasteiger partial charge in [-0.1, -0.05) is 19.1 Å². The number of carbonyl (C=O) groups excluding carboxylic acids is 1. The number of aliphatic hydroxyl groups excluding tert-OH is 1. The van der Waals surface area contributed by atoms with Crippen LogP contribution in [0.4, 0.5) is 0 Å². The van der Waals surface area contributed by atoms with E-state index in [-0.39, 0.29) is 23.9 Å². The maximum absolute atomic E-state index is 11.4. The standard InChI is InChI=1S/C12H20O3/c1-4-11(13)10-7-9(12(14)15-3)6-5-8(10)2/h9-11,13H,2,4-7H2,1,3H3/t9-,10-,11-/m1/s1. The number of ether oxygens (including phenoxy) is 1. The Labute approximate surface area is 91.1 Å². The molecule has 15 heavy (non-hydrogen) atoms. The molecule has 1 saturated carbocycles. The largest absolute Gasteiger partial charge is 0.469 e. The summed E-state index contributed by atoms with van der Waals surface area (Å²) in [6.07, 6.45) is 2.64. The van der Waals surface area contributed by atoms with Gasteiger partial charge in [-0.3, -0.25) is 4.79 Å². The molecule has 0 saturated heterocycles. The van der Waals surface area contributed by atoms with E-state index in [1.54, 1.807) is 0 Å². The van der Waals surface area contributed by atoms with Crippen molar-refractivity contribution < 1.29 is 14.6 Å². The summed E-state index contributed by atoms with van der Waals surface area (Å²) in [5.74, 6) is -0.157. The summed E-state index contributed by atoms with van der Waals surface area (Å²) in [5, 5.41) is 9.81. The van der Waals surface area contributed by atoms with Crippen LogP contribution in [0, 0.1) is 11.8 Å².